The second kappa shape index (κ2) is 3.57. The van der Waals surface area contributed by atoms with Crippen LogP contribution < -0.4 is 16.8 Å². The van der Waals surface area contributed by atoms with Gasteiger partial charge in [0, 0.05) is 11.3 Å². The molecule has 0 atom stereocenters. The number of hydrogen-bond acceptors (Lipinski definition) is 2. The highest BCUT2D eigenvalue weighted by molar-refractivity contribution is 5.95. The number of primary amides is 1. The normalized spacial score (nSPS) is 9.23. The maximum atomic E-state index is 10.7. The summed E-state index contributed by atoms with van der Waals surface area (Å²) in [6.07, 6.45) is 0. The van der Waals surface area contributed by atoms with Crippen LogP contribution in [0.4, 0.5) is 5.69 Å². The van der Waals surface area contributed by atoms with E-state index in [4.69, 9.17) is 16.9 Å². The van der Waals surface area contributed by atoms with Crippen molar-refractivity contribution in [3.8, 4) is 0 Å². The Bertz CT molecular complexity index is 348. The van der Waals surface area contributed by atoms with Gasteiger partial charge in [-0.2, -0.15) is 0 Å². The Morgan fingerprint density at radius 3 is 2.62 bits per heavy atom. The molecular weight excluding hydrogens is 168 g/mol. The highest BCUT2D eigenvalue weighted by atomic mass is 16.1. The van der Waals surface area contributed by atoms with E-state index in [9.17, 15) is 4.79 Å². The van der Waals surface area contributed by atoms with E-state index in [2.05, 4.69) is 5.32 Å². The topological polar surface area (TPSA) is 105 Å². The zero-order chi connectivity index (χ0) is 9.84. The first-order chi connectivity index (χ1) is 6.09. The lowest BCUT2D eigenvalue weighted by Crippen LogP contribution is -2.20. The minimum absolute atomic E-state index is 0.179. The van der Waals surface area contributed by atoms with E-state index < -0.39 is 5.91 Å². The van der Waals surface area contributed by atoms with Gasteiger partial charge in [-0.15, -0.1) is 0 Å². The van der Waals surface area contributed by atoms with Gasteiger partial charge in [-0.1, -0.05) is 6.07 Å². The number of carbonyl (C=O) groups is 1. The van der Waals surface area contributed by atoms with Crippen molar-refractivity contribution in [3.63, 3.8) is 0 Å². The van der Waals surface area contributed by atoms with Crippen LogP contribution in [0, 0.1) is 5.41 Å². The maximum Gasteiger partial charge on any atom is 0.248 e. The monoisotopic (exact) mass is 178 g/mol. The van der Waals surface area contributed by atoms with Crippen molar-refractivity contribution in [2.24, 2.45) is 11.5 Å². The fraction of sp³-hybridized carbons (Fsp3) is 0. The Hall–Kier alpha value is -2.04. The summed E-state index contributed by atoms with van der Waals surface area (Å²) in [5.74, 6) is -0.686. The lowest BCUT2D eigenvalue weighted by Gasteiger charge is -2.03. The third kappa shape index (κ3) is 2.48. The highest BCUT2D eigenvalue weighted by Gasteiger charge is 2.00. The predicted molar refractivity (Wildman–Crippen MR) is 50.5 cm³/mol. The summed E-state index contributed by atoms with van der Waals surface area (Å²) in [6.45, 7) is 0. The van der Waals surface area contributed by atoms with Gasteiger partial charge in [-0.05, 0) is 18.2 Å². The number of carbonyl (C=O) groups excluding carboxylic acids is 1. The molecule has 0 unspecified atom stereocenters. The summed E-state index contributed by atoms with van der Waals surface area (Å²) in [5, 5.41) is 9.51. The van der Waals surface area contributed by atoms with Gasteiger partial charge in [0.25, 0.3) is 0 Å². The summed E-state index contributed by atoms with van der Waals surface area (Å²) in [6, 6.07) is 6.47. The fourth-order valence-electron chi connectivity index (χ4n) is 0.906. The van der Waals surface area contributed by atoms with Crippen LogP contribution in [0.3, 0.4) is 0 Å². The molecule has 0 saturated carbocycles. The lowest BCUT2D eigenvalue weighted by atomic mass is 10.2. The van der Waals surface area contributed by atoms with Gasteiger partial charge in [0.15, 0.2) is 5.96 Å². The van der Waals surface area contributed by atoms with Crippen molar-refractivity contribution in [2.45, 2.75) is 0 Å². The second-order valence-electron chi connectivity index (χ2n) is 2.48. The molecule has 68 valence electrons. The van der Waals surface area contributed by atoms with Gasteiger partial charge in [-0.3, -0.25) is 10.2 Å². The molecule has 0 aliphatic rings. The van der Waals surface area contributed by atoms with Crippen LogP contribution in [-0.4, -0.2) is 11.9 Å². The molecule has 0 fully saturated rings. The van der Waals surface area contributed by atoms with E-state index in [0.717, 1.165) is 0 Å². The molecule has 13 heavy (non-hydrogen) atoms. The van der Waals surface area contributed by atoms with E-state index in [-0.39, 0.29) is 5.96 Å². The van der Waals surface area contributed by atoms with Gasteiger partial charge in [0.2, 0.25) is 5.91 Å². The number of guanidine groups is 1. The Labute approximate surface area is 75.2 Å². The highest BCUT2D eigenvalue weighted by Crippen LogP contribution is 2.09. The number of amides is 1. The Balaban J connectivity index is 2.91. The lowest BCUT2D eigenvalue weighted by molar-refractivity contribution is 0.100. The van der Waals surface area contributed by atoms with Crippen molar-refractivity contribution in [2.75, 3.05) is 5.32 Å². The third-order valence-corrected chi connectivity index (χ3v) is 1.43. The van der Waals surface area contributed by atoms with E-state index in [1.165, 1.54) is 6.07 Å². The SMILES string of the molecule is N=C(N)Nc1cccc(C(N)=O)c1. The number of anilines is 1. The summed E-state index contributed by atoms with van der Waals surface area (Å²) in [7, 11) is 0. The van der Waals surface area contributed by atoms with Gasteiger partial charge in [0.1, 0.15) is 0 Å². The van der Waals surface area contributed by atoms with Crippen molar-refractivity contribution < 1.29 is 4.79 Å². The quantitative estimate of drug-likeness (QED) is 0.381. The molecule has 6 N–H and O–H groups in total. The Kier molecular flexibility index (Phi) is 2.49. The van der Waals surface area contributed by atoms with Crippen LogP contribution >= 0.6 is 0 Å². The number of rotatable bonds is 2. The molecule has 0 aliphatic carbocycles. The molecule has 5 nitrogen and oxygen atoms in total. The number of benzene rings is 1. The zero-order valence-electron chi connectivity index (χ0n) is 6.87. The van der Waals surface area contributed by atoms with E-state index in [1.807, 2.05) is 0 Å². The molecule has 0 spiro atoms. The Morgan fingerprint density at radius 2 is 2.08 bits per heavy atom. The molecule has 1 amide bonds. The molecule has 0 aliphatic heterocycles. The maximum absolute atomic E-state index is 10.7. The molecule has 1 rings (SSSR count). The molecule has 1 aromatic carbocycles. The summed E-state index contributed by atoms with van der Waals surface area (Å²) in [5.41, 5.74) is 11.1. The predicted octanol–water partition coefficient (Wildman–Crippen LogP) is 0.0909. The molecule has 0 bridgehead atoms. The van der Waals surface area contributed by atoms with E-state index in [0.29, 0.717) is 11.3 Å². The summed E-state index contributed by atoms with van der Waals surface area (Å²) < 4.78 is 0. The van der Waals surface area contributed by atoms with Crippen LogP contribution in [-0.2, 0) is 0 Å². The first-order valence-corrected chi connectivity index (χ1v) is 3.60. The minimum atomic E-state index is -0.507. The van der Waals surface area contributed by atoms with Crippen molar-refractivity contribution in [1.29, 1.82) is 5.41 Å². The van der Waals surface area contributed by atoms with Gasteiger partial charge >= 0.3 is 0 Å². The first kappa shape index (κ1) is 9.05. The molecule has 5 heteroatoms. The number of nitrogens with two attached hydrogens (primary N) is 2. The third-order valence-electron chi connectivity index (χ3n) is 1.43. The smallest absolute Gasteiger partial charge is 0.248 e. The van der Waals surface area contributed by atoms with Crippen LogP contribution in [0.15, 0.2) is 24.3 Å². The minimum Gasteiger partial charge on any atom is -0.370 e. The van der Waals surface area contributed by atoms with Gasteiger partial charge in [0.05, 0.1) is 0 Å². The average molecular weight is 178 g/mol. The van der Waals surface area contributed by atoms with Crippen molar-refractivity contribution in [3.05, 3.63) is 29.8 Å². The van der Waals surface area contributed by atoms with Gasteiger partial charge < -0.3 is 16.8 Å². The van der Waals surface area contributed by atoms with E-state index >= 15 is 0 Å². The largest absolute Gasteiger partial charge is 0.370 e. The molecule has 0 heterocycles. The summed E-state index contributed by atoms with van der Waals surface area (Å²) in [4.78, 5) is 10.7. The standard InChI is InChI=1S/C8H10N4O/c9-7(13)5-2-1-3-6(4-5)12-8(10)11/h1-4H,(H2,9,13)(H4,10,11,12). The van der Waals surface area contributed by atoms with E-state index in [1.54, 1.807) is 18.2 Å². The number of nitrogens with one attached hydrogen (secondary N) is 2. The van der Waals surface area contributed by atoms with Crippen LogP contribution in [0.2, 0.25) is 0 Å². The summed E-state index contributed by atoms with van der Waals surface area (Å²) >= 11 is 0. The zero-order valence-corrected chi connectivity index (χ0v) is 6.87. The van der Waals surface area contributed by atoms with Crippen LogP contribution in [0.1, 0.15) is 10.4 Å². The fourth-order valence-corrected chi connectivity index (χ4v) is 0.906. The van der Waals surface area contributed by atoms with Crippen molar-refractivity contribution >= 4 is 17.6 Å². The first-order valence-electron chi connectivity index (χ1n) is 3.60. The van der Waals surface area contributed by atoms with Crippen molar-refractivity contribution in [1.82, 2.24) is 0 Å². The Morgan fingerprint density at radius 1 is 1.38 bits per heavy atom. The molecule has 0 saturated heterocycles. The molecule has 0 radical (unpaired) electrons. The molecular formula is C8H10N4O. The van der Waals surface area contributed by atoms with Crippen LogP contribution in [0.5, 0.6) is 0 Å². The second-order valence-corrected chi connectivity index (χ2v) is 2.48. The van der Waals surface area contributed by atoms with Gasteiger partial charge in [-0.25, -0.2) is 0 Å². The van der Waals surface area contributed by atoms with Crippen LogP contribution in [0.25, 0.3) is 0 Å². The average Bonchev–Trinajstić information content (AvgIpc) is 2.03. The molecule has 1 aromatic rings. The number of hydrogen-bond donors (Lipinski definition) is 4. The molecule has 0 aromatic heterocycles.